The molecule has 2 amide bonds. The maximum Gasteiger partial charge on any atom is 0.259 e. The number of carbonyl (C=O) groups is 2. The van der Waals surface area contributed by atoms with E-state index in [0.29, 0.717) is 24.2 Å². The fourth-order valence-corrected chi connectivity index (χ4v) is 2.73. The fourth-order valence-electron chi connectivity index (χ4n) is 2.73. The number of carbonyl (C=O) groups excluding carboxylic acids is 2. The number of hydrogen-bond acceptors (Lipinski definition) is 3. The molecule has 5 heteroatoms. The third-order valence-electron chi connectivity index (χ3n) is 3.92. The van der Waals surface area contributed by atoms with E-state index in [0.717, 1.165) is 18.5 Å². The van der Waals surface area contributed by atoms with E-state index in [1.54, 1.807) is 11.0 Å². The molecule has 2 heterocycles. The van der Waals surface area contributed by atoms with E-state index in [1.807, 2.05) is 31.2 Å². The molecular weight excluding hydrogens is 290 g/mol. The summed E-state index contributed by atoms with van der Waals surface area (Å²) in [6.07, 6.45) is 4.72. The number of benzene rings is 1. The summed E-state index contributed by atoms with van der Waals surface area (Å²) in [4.78, 5) is 30.6. The van der Waals surface area contributed by atoms with E-state index >= 15 is 0 Å². The van der Waals surface area contributed by atoms with Gasteiger partial charge < -0.3 is 10.2 Å². The Kier molecular flexibility index (Phi) is 4.37. The predicted octanol–water partition coefficient (Wildman–Crippen LogP) is 2.42. The summed E-state index contributed by atoms with van der Waals surface area (Å²) in [5, 5.41) is 2.80. The zero-order chi connectivity index (χ0) is 16.2. The van der Waals surface area contributed by atoms with Crippen LogP contribution in [0.3, 0.4) is 0 Å². The molecule has 0 unspecified atom stereocenters. The van der Waals surface area contributed by atoms with Crippen LogP contribution in [0.2, 0.25) is 0 Å². The van der Waals surface area contributed by atoms with Crippen molar-refractivity contribution in [3.63, 3.8) is 0 Å². The van der Waals surface area contributed by atoms with E-state index in [1.165, 1.54) is 18.0 Å². The molecule has 0 spiro atoms. The lowest BCUT2D eigenvalue weighted by Crippen LogP contribution is -2.30. The maximum absolute atomic E-state index is 12.8. The highest BCUT2D eigenvalue weighted by molar-refractivity contribution is 6.08. The van der Waals surface area contributed by atoms with Gasteiger partial charge in [0.1, 0.15) is 0 Å². The Morgan fingerprint density at radius 2 is 2.00 bits per heavy atom. The second-order valence-corrected chi connectivity index (χ2v) is 5.55. The molecule has 1 aromatic heterocycles. The molecule has 1 aliphatic rings. The second-order valence-electron chi connectivity index (χ2n) is 5.55. The standard InChI is InChI=1S/C18H19N3O2/c1-2-8-20-17(22)14-10-15(12-19-11-14)18(23)21-9-7-13-5-3-4-6-16(13)21/h3-6,10-12H,2,7-9H2,1H3,(H,20,22). The van der Waals surface area contributed by atoms with Gasteiger partial charge in [0.25, 0.3) is 11.8 Å². The molecule has 23 heavy (non-hydrogen) atoms. The predicted molar refractivity (Wildman–Crippen MR) is 88.7 cm³/mol. The number of fused-ring (bicyclic) bond motifs is 1. The Hall–Kier alpha value is -2.69. The van der Waals surface area contributed by atoms with Gasteiger partial charge in [-0.1, -0.05) is 25.1 Å². The van der Waals surface area contributed by atoms with E-state index in [9.17, 15) is 9.59 Å². The molecule has 5 nitrogen and oxygen atoms in total. The first kappa shape index (κ1) is 15.2. The summed E-state index contributed by atoms with van der Waals surface area (Å²) in [5.41, 5.74) is 2.96. The van der Waals surface area contributed by atoms with Gasteiger partial charge in [-0.3, -0.25) is 14.6 Å². The number of rotatable bonds is 4. The van der Waals surface area contributed by atoms with Crippen LogP contribution in [0.25, 0.3) is 0 Å². The lowest BCUT2D eigenvalue weighted by atomic mass is 10.1. The van der Waals surface area contributed by atoms with Crippen LogP contribution in [0.4, 0.5) is 5.69 Å². The molecule has 118 valence electrons. The molecule has 1 aromatic carbocycles. The minimum atomic E-state index is -0.198. The molecule has 1 N–H and O–H groups in total. The van der Waals surface area contributed by atoms with Crippen molar-refractivity contribution in [3.8, 4) is 0 Å². The summed E-state index contributed by atoms with van der Waals surface area (Å²) < 4.78 is 0. The summed E-state index contributed by atoms with van der Waals surface area (Å²) in [6, 6.07) is 9.51. The normalized spacial score (nSPS) is 12.8. The van der Waals surface area contributed by atoms with Crippen molar-refractivity contribution >= 4 is 17.5 Å². The SMILES string of the molecule is CCCNC(=O)c1cncc(C(=O)N2CCc3ccccc32)c1. The van der Waals surface area contributed by atoms with Gasteiger partial charge in [0, 0.05) is 31.2 Å². The van der Waals surface area contributed by atoms with Gasteiger partial charge in [-0.05, 0) is 30.5 Å². The number of pyridine rings is 1. The number of hydrogen-bond donors (Lipinski definition) is 1. The molecule has 0 saturated heterocycles. The minimum Gasteiger partial charge on any atom is -0.352 e. The van der Waals surface area contributed by atoms with Gasteiger partial charge in [0.2, 0.25) is 0 Å². The molecule has 1 aliphatic heterocycles. The minimum absolute atomic E-state index is 0.118. The van der Waals surface area contributed by atoms with Crippen LogP contribution < -0.4 is 10.2 Å². The Morgan fingerprint density at radius 1 is 1.22 bits per heavy atom. The quantitative estimate of drug-likeness (QED) is 0.943. The van der Waals surface area contributed by atoms with Crippen LogP contribution in [0.15, 0.2) is 42.7 Å². The highest BCUT2D eigenvalue weighted by Crippen LogP contribution is 2.28. The summed E-state index contributed by atoms with van der Waals surface area (Å²) in [7, 11) is 0. The van der Waals surface area contributed by atoms with Crippen molar-refractivity contribution in [2.75, 3.05) is 18.0 Å². The third-order valence-corrected chi connectivity index (χ3v) is 3.92. The van der Waals surface area contributed by atoms with Crippen molar-refractivity contribution in [1.82, 2.24) is 10.3 Å². The Balaban J connectivity index is 1.82. The van der Waals surface area contributed by atoms with Gasteiger partial charge in [-0.25, -0.2) is 0 Å². The zero-order valence-electron chi connectivity index (χ0n) is 13.1. The maximum atomic E-state index is 12.8. The first-order valence-electron chi connectivity index (χ1n) is 7.83. The Labute approximate surface area is 135 Å². The lowest BCUT2D eigenvalue weighted by Gasteiger charge is -2.17. The summed E-state index contributed by atoms with van der Waals surface area (Å²) in [5.74, 6) is -0.316. The zero-order valence-corrected chi connectivity index (χ0v) is 13.1. The van der Waals surface area contributed by atoms with Crippen LogP contribution in [0.1, 0.15) is 39.6 Å². The average molecular weight is 309 g/mol. The summed E-state index contributed by atoms with van der Waals surface area (Å²) in [6.45, 7) is 3.25. The van der Waals surface area contributed by atoms with Crippen LogP contribution in [0.5, 0.6) is 0 Å². The van der Waals surface area contributed by atoms with Crippen LogP contribution in [-0.2, 0) is 6.42 Å². The molecule has 0 bridgehead atoms. The van der Waals surface area contributed by atoms with E-state index in [4.69, 9.17) is 0 Å². The highest BCUT2D eigenvalue weighted by Gasteiger charge is 2.25. The Morgan fingerprint density at radius 3 is 2.83 bits per heavy atom. The highest BCUT2D eigenvalue weighted by atomic mass is 16.2. The first-order valence-corrected chi connectivity index (χ1v) is 7.83. The molecule has 0 fully saturated rings. The largest absolute Gasteiger partial charge is 0.352 e. The number of para-hydroxylation sites is 1. The fraction of sp³-hybridized carbons (Fsp3) is 0.278. The van der Waals surface area contributed by atoms with Gasteiger partial charge >= 0.3 is 0 Å². The topological polar surface area (TPSA) is 62.3 Å². The lowest BCUT2D eigenvalue weighted by molar-refractivity contribution is 0.0953. The summed E-state index contributed by atoms with van der Waals surface area (Å²) >= 11 is 0. The monoisotopic (exact) mass is 309 g/mol. The first-order chi connectivity index (χ1) is 11.2. The average Bonchev–Trinajstić information content (AvgIpc) is 3.03. The van der Waals surface area contributed by atoms with Crippen molar-refractivity contribution in [1.29, 1.82) is 0 Å². The molecule has 0 atom stereocenters. The molecule has 0 radical (unpaired) electrons. The van der Waals surface area contributed by atoms with Gasteiger partial charge in [-0.15, -0.1) is 0 Å². The molecule has 2 aromatic rings. The van der Waals surface area contributed by atoms with E-state index in [2.05, 4.69) is 10.3 Å². The van der Waals surface area contributed by atoms with Gasteiger partial charge in [0.15, 0.2) is 0 Å². The van der Waals surface area contributed by atoms with Gasteiger partial charge in [-0.2, -0.15) is 0 Å². The van der Waals surface area contributed by atoms with E-state index in [-0.39, 0.29) is 11.8 Å². The van der Waals surface area contributed by atoms with Crippen molar-refractivity contribution < 1.29 is 9.59 Å². The second kappa shape index (κ2) is 6.60. The van der Waals surface area contributed by atoms with Crippen molar-refractivity contribution in [2.24, 2.45) is 0 Å². The van der Waals surface area contributed by atoms with Crippen LogP contribution in [0, 0.1) is 0 Å². The smallest absolute Gasteiger partial charge is 0.259 e. The third kappa shape index (κ3) is 3.08. The number of nitrogens with zero attached hydrogens (tertiary/aromatic N) is 2. The van der Waals surface area contributed by atoms with E-state index < -0.39 is 0 Å². The van der Waals surface area contributed by atoms with Crippen molar-refractivity contribution in [3.05, 3.63) is 59.4 Å². The van der Waals surface area contributed by atoms with Crippen LogP contribution >= 0.6 is 0 Å². The molecule has 3 rings (SSSR count). The number of anilines is 1. The number of amides is 2. The molecule has 0 aliphatic carbocycles. The van der Waals surface area contributed by atoms with Crippen molar-refractivity contribution in [2.45, 2.75) is 19.8 Å². The van der Waals surface area contributed by atoms with Gasteiger partial charge in [0.05, 0.1) is 11.1 Å². The number of aromatic nitrogens is 1. The number of nitrogens with one attached hydrogen (secondary N) is 1. The molecule has 0 saturated carbocycles. The molecular formula is C18H19N3O2. The Bertz CT molecular complexity index is 743. The van der Waals surface area contributed by atoms with Crippen LogP contribution in [-0.4, -0.2) is 29.9 Å².